The number of rotatable bonds is 1. The first-order valence-corrected chi connectivity index (χ1v) is 4.84. The summed E-state index contributed by atoms with van der Waals surface area (Å²) in [7, 11) is 0. The molecule has 1 heterocycles. The Morgan fingerprint density at radius 1 is 1.40 bits per heavy atom. The Balaban J connectivity index is 0.000000853. The van der Waals surface area contributed by atoms with Gasteiger partial charge in [0.25, 0.3) is 0 Å². The van der Waals surface area contributed by atoms with E-state index in [1.165, 1.54) is 5.56 Å². The number of hydrogen-bond acceptors (Lipinski definition) is 3. The zero-order valence-electron chi connectivity index (χ0n) is 8.49. The smallest absolute Gasteiger partial charge is 0.215 e. The van der Waals surface area contributed by atoms with Gasteiger partial charge in [-0.25, -0.2) is 4.98 Å². The van der Waals surface area contributed by atoms with Gasteiger partial charge in [-0.05, 0) is 37.5 Å². The molecular weight excluding hydrogens is 212 g/mol. The summed E-state index contributed by atoms with van der Waals surface area (Å²) in [5.41, 5.74) is 8.69. The molecule has 0 radical (unpaired) electrons. The first kappa shape index (κ1) is 10.5. The van der Waals surface area contributed by atoms with Gasteiger partial charge < -0.3 is 10.2 Å². The maximum atomic E-state index is 6.01. The Labute approximate surface area is 94.1 Å². The van der Waals surface area contributed by atoms with Gasteiger partial charge in [0, 0.05) is 0 Å². The summed E-state index contributed by atoms with van der Waals surface area (Å²) in [6, 6.07) is 5.99. The number of hydrogen-bond donors (Lipinski definition) is 1. The predicted molar refractivity (Wildman–Crippen MR) is 61.1 cm³/mol. The summed E-state index contributed by atoms with van der Waals surface area (Å²) < 4.78 is 5.61. The monoisotopic (exact) mass is 224 g/mol. The number of nitrogens with two attached hydrogens (primary N) is 1. The third-order valence-electron chi connectivity index (χ3n) is 2.76. The third kappa shape index (κ3) is 1.62. The lowest BCUT2D eigenvalue weighted by molar-refractivity contribution is 0.465. The van der Waals surface area contributed by atoms with E-state index in [4.69, 9.17) is 10.2 Å². The average Bonchev–Trinajstić information content (AvgIpc) is 2.77. The van der Waals surface area contributed by atoms with Crippen molar-refractivity contribution in [2.45, 2.75) is 25.3 Å². The molecule has 2 aromatic rings. The maximum absolute atomic E-state index is 6.01. The van der Waals surface area contributed by atoms with Gasteiger partial charge >= 0.3 is 0 Å². The minimum Gasteiger partial charge on any atom is -0.439 e. The quantitative estimate of drug-likeness (QED) is 0.810. The van der Waals surface area contributed by atoms with Crippen LogP contribution in [0.2, 0.25) is 0 Å². The highest BCUT2D eigenvalue weighted by atomic mass is 35.5. The summed E-state index contributed by atoms with van der Waals surface area (Å²) in [6.45, 7) is 2.04. The van der Waals surface area contributed by atoms with Crippen molar-refractivity contribution in [1.29, 1.82) is 0 Å². The zero-order valence-corrected chi connectivity index (χ0v) is 9.30. The van der Waals surface area contributed by atoms with Crippen molar-refractivity contribution in [3.63, 3.8) is 0 Å². The van der Waals surface area contributed by atoms with Crippen LogP contribution in [0.3, 0.4) is 0 Å². The maximum Gasteiger partial charge on any atom is 0.215 e. The summed E-state index contributed by atoms with van der Waals surface area (Å²) in [6.07, 6.45) is 1.97. The van der Waals surface area contributed by atoms with Crippen LogP contribution < -0.4 is 5.73 Å². The second-order valence-corrected chi connectivity index (χ2v) is 4.15. The van der Waals surface area contributed by atoms with E-state index in [0.717, 1.165) is 23.9 Å². The van der Waals surface area contributed by atoms with Gasteiger partial charge in [0.05, 0.1) is 5.54 Å². The fourth-order valence-corrected chi connectivity index (χ4v) is 1.60. The molecule has 1 aromatic heterocycles. The molecule has 4 heteroatoms. The average molecular weight is 225 g/mol. The molecule has 0 bridgehead atoms. The largest absolute Gasteiger partial charge is 0.439 e. The molecule has 3 nitrogen and oxygen atoms in total. The molecule has 1 saturated carbocycles. The van der Waals surface area contributed by atoms with E-state index >= 15 is 0 Å². The predicted octanol–water partition coefficient (Wildman–Crippen LogP) is 2.51. The number of aromatic nitrogens is 1. The number of fused-ring (bicyclic) bond motifs is 1. The fourth-order valence-electron chi connectivity index (χ4n) is 1.60. The molecule has 15 heavy (non-hydrogen) atoms. The second-order valence-electron chi connectivity index (χ2n) is 4.15. The Bertz CT molecular complexity index is 502. The van der Waals surface area contributed by atoms with Crippen LogP contribution in [-0.4, -0.2) is 4.98 Å². The van der Waals surface area contributed by atoms with E-state index < -0.39 is 0 Å². The van der Waals surface area contributed by atoms with Crippen molar-refractivity contribution in [3.8, 4) is 0 Å². The van der Waals surface area contributed by atoms with Crippen molar-refractivity contribution in [3.05, 3.63) is 29.7 Å². The van der Waals surface area contributed by atoms with Gasteiger partial charge in [0.15, 0.2) is 5.58 Å². The number of benzene rings is 1. The zero-order chi connectivity index (χ0) is 9.76. The topological polar surface area (TPSA) is 52.0 Å². The van der Waals surface area contributed by atoms with E-state index in [-0.39, 0.29) is 17.9 Å². The summed E-state index contributed by atoms with van der Waals surface area (Å²) >= 11 is 0. The van der Waals surface area contributed by atoms with Crippen molar-refractivity contribution in [1.82, 2.24) is 4.98 Å². The lowest BCUT2D eigenvalue weighted by Crippen LogP contribution is -2.18. The molecule has 0 aliphatic heterocycles. The molecule has 0 saturated heterocycles. The van der Waals surface area contributed by atoms with Crippen LogP contribution in [-0.2, 0) is 5.54 Å². The van der Waals surface area contributed by atoms with Gasteiger partial charge in [-0.15, -0.1) is 12.4 Å². The summed E-state index contributed by atoms with van der Waals surface area (Å²) in [5.74, 6) is 0.693. The van der Waals surface area contributed by atoms with Gasteiger partial charge in [-0.1, -0.05) is 6.07 Å². The minimum absolute atomic E-state index is 0. The highest BCUT2D eigenvalue weighted by Crippen LogP contribution is 2.42. The Morgan fingerprint density at radius 3 is 2.80 bits per heavy atom. The molecule has 0 spiro atoms. The molecule has 0 unspecified atom stereocenters. The minimum atomic E-state index is -0.271. The molecule has 0 atom stereocenters. The van der Waals surface area contributed by atoms with Gasteiger partial charge in [0.1, 0.15) is 5.52 Å². The van der Waals surface area contributed by atoms with Crippen LogP contribution in [0.5, 0.6) is 0 Å². The molecule has 1 aliphatic rings. The van der Waals surface area contributed by atoms with Crippen LogP contribution in [0.15, 0.2) is 22.6 Å². The van der Waals surface area contributed by atoms with Crippen molar-refractivity contribution in [2.24, 2.45) is 5.73 Å². The van der Waals surface area contributed by atoms with Crippen LogP contribution in [0, 0.1) is 6.92 Å². The second kappa shape index (κ2) is 3.22. The Morgan fingerprint density at radius 2 is 2.13 bits per heavy atom. The molecule has 1 fully saturated rings. The lowest BCUT2D eigenvalue weighted by Gasteiger charge is -1.99. The fraction of sp³-hybridized carbons (Fsp3) is 0.364. The Kier molecular flexibility index (Phi) is 2.24. The van der Waals surface area contributed by atoms with Gasteiger partial charge in [0.2, 0.25) is 5.89 Å². The first-order chi connectivity index (χ1) is 6.67. The highest BCUT2D eigenvalue weighted by Gasteiger charge is 2.44. The van der Waals surface area contributed by atoms with Crippen LogP contribution >= 0.6 is 12.4 Å². The number of aryl methyl sites for hydroxylation is 1. The van der Waals surface area contributed by atoms with Crippen LogP contribution in [0.1, 0.15) is 24.3 Å². The molecule has 3 rings (SSSR count). The molecule has 1 aliphatic carbocycles. The highest BCUT2D eigenvalue weighted by molar-refractivity contribution is 5.85. The number of nitrogens with zero attached hydrogens (tertiary/aromatic N) is 1. The molecule has 1 aromatic carbocycles. The van der Waals surface area contributed by atoms with Gasteiger partial charge in [-0.3, -0.25) is 0 Å². The molecular formula is C11H13ClN2O. The molecule has 2 N–H and O–H groups in total. The normalized spacial score (nSPS) is 17.5. The lowest BCUT2D eigenvalue weighted by atomic mass is 10.2. The van der Waals surface area contributed by atoms with E-state index in [9.17, 15) is 0 Å². The van der Waals surface area contributed by atoms with Crippen molar-refractivity contribution < 1.29 is 4.42 Å². The Hall–Kier alpha value is -1.06. The third-order valence-corrected chi connectivity index (χ3v) is 2.76. The van der Waals surface area contributed by atoms with E-state index in [2.05, 4.69) is 4.98 Å². The summed E-state index contributed by atoms with van der Waals surface area (Å²) in [4.78, 5) is 4.42. The SMILES string of the molecule is Cc1ccc2oc(C3(N)CC3)nc2c1.Cl. The standard InChI is InChI=1S/C11H12N2O.ClH/c1-7-2-3-9-8(6-7)13-10(14-9)11(12)4-5-11;/h2-3,6H,4-5,12H2,1H3;1H. The number of halogens is 1. The molecule has 0 amide bonds. The van der Waals surface area contributed by atoms with Crippen molar-refractivity contribution in [2.75, 3.05) is 0 Å². The van der Waals surface area contributed by atoms with Crippen molar-refractivity contribution >= 4 is 23.5 Å². The van der Waals surface area contributed by atoms with E-state index in [1.807, 2.05) is 25.1 Å². The number of oxazole rings is 1. The van der Waals surface area contributed by atoms with E-state index in [0.29, 0.717) is 5.89 Å². The first-order valence-electron chi connectivity index (χ1n) is 4.84. The summed E-state index contributed by atoms with van der Waals surface area (Å²) in [5, 5.41) is 0. The van der Waals surface area contributed by atoms with Crippen LogP contribution in [0.25, 0.3) is 11.1 Å². The molecule has 80 valence electrons. The van der Waals surface area contributed by atoms with E-state index in [1.54, 1.807) is 0 Å². The van der Waals surface area contributed by atoms with Crippen LogP contribution in [0.4, 0.5) is 0 Å². The van der Waals surface area contributed by atoms with Gasteiger partial charge in [-0.2, -0.15) is 0 Å².